The number of hydrogen-bond acceptors (Lipinski definition) is 6. The van der Waals surface area contributed by atoms with E-state index in [2.05, 4.69) is 15.0 Å². The Hall–Kier alpha value is -1.36. The molecule has 0 saturated carbocycles. The van der Waals surface area contributed by atoms with E-state index < -0.39 is 10.0 Å². The van der Waals surface area contributed by atoms with Gasteiger partial charge >= 0.3 is 5.97 Å². The van der Waals surface area contributed by atoms with Gasteiger partial charge in [0.15, 0.2) is 5.96 Å². The third kappa shape index (κ3) is 5.09. The van der Waals surface area contributed by atoms with Crippen LogP contribution < -0.4 is 10.0 Å². The van der Waals surface area contributed by atoms with Crippen molar-refractivity contribution in [2.45, 2.75) is 11.1 Å². The summed E-state index contributed by atoms with van der Waals surface area (Å²) < 4.78 is 32.2. The molecule has 0 spiro atoms. The van der Waals surface area contributed by atoms with Crippen molar-refractivity contribution in [1.29, 1.82) is 0 Å². The molecule has 2 rings (SSSR count). The van der Waals surface area contributed by atoms with Crippen LogP contribution >= 0.6 is 22.9 Å². The highest BCUT2D eigenvalue weighted by molar-refractivity contribution is 7.91. The number of methoxy groups -OCH3 is 1. The SMILES string of the molecule is CN=C(NCCNS(=O)(=O)c1ccc(Cl)s1)N1CC(C)C(C(=O)OC)C1. The molecular formula is C15H23ClN4O4S2. The van der Waals surface area contributed by atoms with Crippen LogP contribution in [0.25, 0.3) is 0 Å². The maximum absolute atomic E-state index is 12.1. The molecule has 8 nitrogen and oxygen atoms in total. The van der Waals surface area contributed by atoms with Crippen LogP contribution in [0.15, 0.2) is 21.3 Å². The first-order chi connectivity index (χ1) is 12.3. The summed E-state index contributed by atoms with van der Waals surface area (Å²) in [5.74, 6) is 0.364. The number of thiophene rings is 1. The van der Waals surface area contributed by atoms with Gasteiger partial charge in [-0.3, -0.25) is 9.79 Å². The lowest BCUT2D eigenvalue weighted by atomic mass is 9.99. The second kappa shape index (κ2) is 9.03. The Labute approximate surface area is 162 Å². The Morgan fingerprint density at radius 2 is 2.15 bits per heavy atom. The molecular weight excluding hydrogens is 400 g/mol. The Morgan fingerprint density at radius 3 is 2.73 bits per heavy atom. The summed E-state index contributed by atoms with van der Waals surface area (Å²) in [7, 11) is -0.530. The summed E-state index contributed by atoms with van der Waals surface area (Å²) in [6.07, 6.45) is 0. The smallest absolute Gasteiger partial charge is 0.310 e. The first kappa shape index (κ1) is 20.9. The lowest BCUT2D eigenvalue weighted by molar-refractivity contribution is -0.145. The Bertz CT molecular complexity index is 765. The van der Waals surface area contributed by atoms with Crippen molar-refractivity contribution < 1.29 is 17.9 Å². The van der Waals surface area contributed by atoms with Crippen LogP contribution in [0.2, 0.25) is 4.34 Å². The molecule has 1 aliphatic heterocycles. The van der Waals surface area contributed by atoms with Gasteiger partial charge in [0.1, 0.15) is 4.21 Å². The highest BCUT2D eigenvalue weighted by atomic mass is 35.5. The van der Waals surface area contributed by atoms with Crippen molar-refractivity contribution >= 4 is 44.9 Å². The number of carbonyl (C=O) groups excluding carboxylic acids is 1. The van der Waals surface area contributed by atoms with E-state index in [-0.39, 0.29) is 28.6 Å². The third-order valence-electron chi connectivity index (χ3n) is 4.14. The molecule has 26 heavy (non-hydrogen) atoms. The van der Waals surface area contributed by atoms with Gasteiger partial charge < -0.3 is 15.0 Å². The van der Waals surface area contributed by atoms with Crippen LogP contribution in [-0.2, 0) is 19.6 Å². The summed E-state index contributed by atoms with van der Waals surface area (Å²) in [4.78, 5) is 18.0. The first-order valence-electron chi connectivity index (χ1n) is 8.07. The average Bonchev–Trinajstić information content (AvgIpc) is 3.20. The quantitative estimate of drug-likeness (QED) is 0.307. The number of carbonyl (C=O) groups is 1. The molecule has 2 N–H and O–H groups in total. The summed E-state index contributed by atoms with van der Waals surface area (Å²) in [6.45, 7) is 3.75. The van der Waals surface area contributed by atoms with Crippen molar-refractivity contribution in [3.05, 3.63) is 16.5 Å². The lowest BCUT2D eigenvalue weighted by Crippen LogP contribution is -2.43. The topological polar surface area (TPSA) is 100 Å². The Morgan fingerprint density at radius 1 is 1.42 bits per heavy atom. The van der Waals surface area contributed by atoms with Crippen LogP contribution in [0, 0.1) is 11.8 Å². The minimum Gasteiger partial charge on any atom is -0.469 e. The van der Waals surface area contributed by atoms with E-state index in [1.54, 1.807) is 13.1 Å². The van der Waals surface area contributed by atoms with E-state index in [9.17, 15) is 13.2 Å². The zero-order chi connectivity index (χ0) is 19.3. The molecule has 0 aromatic carbocycles. The number of halogens is 1. The molecule has 1 aromatic heterocycles. The van der Waals surface area contributed by atoms with Crippen molar-refractivity contribution in [1.82, 2.24) is 14.9 Å². The van der Waals surface area contributed by atoms with Gasteiger partial charge in [0.2, 0.25) is 10.0 Å². The number of nitrogens with zero attached hydrogens (tertiary/aromatic N) is 2. The summed E-state index contributed by atoms with van der Waals surface area (Å²) in [5, 5.41) is 3.11. The van der Waals surface area contributed by atoms with Crippen LogP contribution in [-0.4, -0.2) is 65.6 Å². The molecule has 1 aromatic rings. The molecule has 1 saturated heterocycles. The van der Waals surface area contributed by atoms with Gasteiger partial charge in [-0.15, -0.1) is 11.3 Å². The summed E-state index contributed by atoms with van der Waals surface area (Å²) >= 11 is 6.78. The monoisotopic (exact) mass is 422 g/mol. The normalized spacial score (nSPS) is 21.1. The molecule has 0 radical (unpaired) electrons. The van der Waals surface area contributed by atoms with E-state index in [4.69, 9.17) is 16.3 Å². The van der Waals surface area contributed by atoms with Crippen molar-refractivity contribution in [3.8, 4) is 0 Å². The van der Waals surface area contributed by atoms with Crippen molar-refractivity contribution in [2.75, 3.05) is 40.3 Å². The molecule has 0 amide bonds. The third-order valence-corrected chi connectivity index (χ3v) is 7.33. The number of sulfonamides is 1. The number of guanidine groups is 1. The van der Waals surface area contributed by atoms with E-state index in [1.807, 2.05) is 11.8 Å². The van der Waals surface area contributed by atoms with Crippen LogP contribution in [0.4, 0.5) is 0 Å². The molecule has 2 atom stereocenters. The van der Waals surface area contributed by atoms with Gasteiger partial charge in [-0.2, -0.15) is 0 Å². The van der Waals surface area contributed by atoms with Gasteiger partial charge in [0.05, 0.1) is 17.4 Å². The standard InChI is InChI=1S/C15H23ClN4O4S2/c1-10-8-20(9-11(10)14(21)24-3)15(17-2)18-6-7-19-26(22,23)13-5-4-12(16)25-13/h4-5,10-11,19H,6-9H2,1-3H3,(H,17,18). The van der Waals surface area contributed by atoms with Crippen molar-refractivity contribution in [2.24, 2.45) is 16.8 Å². The van der Waals surface area contributed by atoms with Gasteiger partial charge in [-0.1, -0.05) is 18.5 Å². The van der Waals surface area contributed by atoms with E-state index in [0.717, 1.165) is 11.3 Å². The lowest BCUT2D eigenvalue weighted by Gasteiger charge is -2.21. The zero-order valence-electron chi connectivity index (χ0n) is 14.9. The van der Waals surface area contributed by atoms with Crippen molar-refractivity contribution in [3.63, 3.8) is 0 Å². The predicted molar refractivity (Wildman–Crippen MR) is 102 cm³/mol. The minimum absolute atomic E-state index is 0.156. The Kier molecular flexibility index (Phi) is 7.27. The number of esters is 1. The van der Waals surface area contributed by atoms with Gasteiger partial charge in [0.25, 0.3) is 0 Å². The van der Waals surface area contributed by atoms with E-state index >= 15 is 0 Å². The largest absolute Gasteiger partial charge is 0.469 e. The van der Waals surface area contributed by atoms with Crippen LogP contribution in [0.3, 0.4) is 0 Å². The highest BCUT2D eigenvalue weighted by Gasteiger charge is 2.36. The van der Waals surface area contributed by atoms with E-state index in [0.29, 0.717) is 29.9 Å². The molecule has 0 aliphatic carbocycles. The molecule has 1 aliphatic rings. The van der Waals surface area contributed by atoms with Crippen LogP contribution in [0.1, 0.15) is 6.92 Å². The molecule has 11 heteroatoms. The minimum atomic E-state index is -3.57. The van der Waals surface area contributed by atoms with Gasteiger partial charge in [0, 0.05) is 33.2 Å². The molecule has 0 bridgehead atoms. The Balaban J connectivity index is 1.84. The van der Waals surface area contributed by atoms with Crippen LogP contribution in [0.5, 0.6) is 0 Å². The number of nitrogens with one attached hydrogen (secondary N) is 2. The second-order valence-electron chi connectivity index (χ2n) is 5.94. The fourth-order valence-electron chi connectivity index (χ4n) is 2.80. The molecule has 2 heterocycles. The highest BCUT2D eigenvalue weighted by Crippen LogP contribution is 2.25. The summed E-state index contributed by atoms with van der Waals surface area (Å²) in [5.41, 5.74) is 0. The second-order valence-corrected chi connectivity index (χ2v) is 9.65. The summed E-state index contributed by atoms with van der Waals surface area (Å²) in [6, 6.07) is 3.02. The first-order valence-corrected chi connectivity index (χ1v) is 10.7. The zero-order valence-corrected chi connectivity index (χ0v) is 17.2. The molecule has 2 unspecified atom stereocenters. The maximum Gasteiger partial charge on any atom is 0.310 e. The average molecular weight is 423 g/mol. The van der Waals surface area contributed by atoms with Gasteiger partial charge in [-0.05, 0) is 18.1 Å². The number of rotatable bonds is 6. The predicted octanol–water partition coefficient (Wildman–Crippen LogP) is 0.996. The number of hydrogen-bond donors (Lipinski definition) is 2. The number of likely N-dealkylation sites (tertiary alicyclic amines) is 1. The number of ether oxygens (including phenoxy) is 1. The molecule has 1 fully saturated rings. The molecule has 146 valence electrons. The van der Waals surface area contributed by atoms with E-state index in [1.165, 1.54) is 13.2 Å². The fourth-order valence-corrected chi connectivity index (χ4v) is 5.36. The number of aliphatic imine (C=N–C) groups is 1. The van der Waals surface area contributed by atoms with Gasteiger partial charge in [-0.25, -0.2) is 13.1 Å². The fraction of sp³-hybridized carbons (Fsp3) is 0.600. The maximum atomic E-state index is 12.1.